The number of anilines is 1. The third-order valence-electron chi connectivity index (χ3n) is 3.40. The van der Waals surface area contributed by atoms with Gasteiger partial charge in [0.25, 0.3) is 5.91 Å². The van der Waals surface area contributed by atoms with Gasteiger partial charge in [-0.3, -0.25) is 9.78 Å². The molecule has 0 aliphatic carbocycles. The van der Waals surface area contributed by atoms with Crippen molar-refractivity contribution in [1.82, 2.24) is 19.8 Å². The second kappa shape index (κ2) is 4.89. The molecule has 2 atom stereocenters. The summed E-state index contributed by atoms with van der Waals surface area (Å²) in [6, 6.07) is 0.392. The molecule has 1 fully saturated rings. The van der Waals surface area contributed by atoms with Gasteiger partial charge in [0, 0.05) is 19.1 Å². The molecule has 1 aliphatic heterocycles. The Kier molecular flexibility index (Phi) is 3.47. The van der Waals surface area contributed by atoms with Crippen molar-refractivity contribution < 1.29 is 4.79 Å². The van der Waals surface area contributed by atoms with Gasteiger partial charge in [-0.1, -0.05) is 6.92 Å². The van der Waals surface area contributed by atoms with Gasteiger partial charge in [-0.15, -0.1) is 0 Å². The number of aromatic nitrogens is 2. The van der Waals surface area contributed by atoms with Crippen LogP contribution < -0.4 is 5.73 Å². The van der Waals surface area contributed by atoms with Gasteiger partial charge in [0.15, 0.2) is 0 Å². The fourth-order valence-electron chi connectivity index (χ4n) is 2.43. The molecule has 1 saturated heterocycles. The Bertz CT molecular complexity index is 448. The molecule has 0 saturated carbocycles. The highest BCUT2D eigenvalue weighted by Gasteiger charge is 2.34. The molecule has 1 amide bonds. The number of likely N-dealkylation sites (N-methyl/N-ethyl adjacent to an activating group) is 1. The van der Waals surface area contributed by atoms with E-state index in [9.17, 15) is 4.79 Å². The van der Waals surface area contributed by atoms with Crippen molar-refractivity contribution in [1.29, 1.82) is 0 Å². The lowest BCUT2D eigenvalue weighted by Gasteiger charge is -2.22. The number of nitrogens with zero attached hydrogens (tertiary/aromatic N) is 4. The summed E-state index contributed by atoms with van der Waals surface area (Å²) in [4.78, 5) is 24.2. The minimum Gasteiger partial charge on any atom is -0.382 e. The van der Waals surface area contributed by atoms with Gasteiger partial charge in [-0.2, -0.15) is 0 Å². The lowest BCUT2D eigenvalue weighted by molar-refractivity contribution is 0.0775. The van der Waals surface area contributed by atoms with Gasteiger partial charge in [0.2, 0.25) is 0 Å². The van der Waals surface area contributed by atoms with Crippen LogP contribution in [0.5, 0.6) is 0 Å². The third kappa shape index (κ3) is 2.43. The zero-order chi connectivity index (χ0) is 13.3. The molecule has 0 aromatic carbocycles. The second-order valence-corrected chi connectivity index (χ2v) is 5.05. The van der Waals surface area contributed by atoms with Crippen molar-refractivity contribution in [3.63, 3.8) is 0 Å². The van der Waals surface area contributed by atoms with Gasteiger partial charge in [-0.25, -0.2) is 4.98 Å². The Balaban J connectivity index is 2.12. The maximum absolute atomic E-state index is 12.3. The molecule has 2 N–H and O–H groups in total. The standard InChI is InChI=1S/C12H19N5O/c1-8-6-17(7-10(8)16(2)3)12(18)9-4-14-5-11(13)15-9/h4-5,8,10H,6-7H2,1-3H3,(H2,13,15). The molecule has 18 heavy (non-hydrogen) atoms. The number of rotatable bonds is 2. The minimum absolute atomic E-state index is 0.0917. The average Bonchev–Trinajstić information content (AvgIpc) is 2.70. The van der Waals surface area contributed by atoms with Crippen LogP contribution in [-0.4, -0.2) is 58.9 Å². The number of nitrogens with two attached hydrogens (primary N) is 1. The molecule has 1 aromatic heterocycles. The maximum atomic E-state index is 12.3. The molecule has 2 heterocycles. The molecule has 1 aromatic rings. The number of amides is 1. The van der Waals surface area contributed by atoms with Gasteiger partial charge in [-0.05, 0) is 20.0 Å². The first-order chi connectivity index (χ1) is 8.49. The summed E-state index contributed by atoms with van der Waals surface area (Å²) in [6.45, 7) is 3.63. The Morgan fingerprint density at radius 3 is 2.72 bits per heavy atom. The molecule has 0 radical (unpaired) electrons. The second-order valence-electron chi connectivity index (χ2n) is 5.05. The van der Waals surface area contributed by atoms with Crippen molar-refractivity contribution in [3.05, 3.63) is 18.1 Å². The fourth-order valence-corrected chi connectivity index (χ4v) is 2.43. The molecule has 2 rings (SSSR count). The average molecular weight is 249 g/mol. The molecule has 2 unspecified atom stereocenters. The maximum Gasteiger partial charge on any atom is 0.274 e. The number of carbonyl (C=O) groups excluding carboxylic acids is 1. The van der Waals surface area contributed by atoms with Gasteiger partial charge in [0.1, 0.15) is 11.5 Å². The first-order valence-electron chi connectivity index (χ1n) is 6.02. The predicted octanol–water partition coefficient (Wildman–Crippen LogP) is 0.0809. The smallest absolute Gasteiger partial charge is 0.274 e. The summed E-state index contributed by atoms with van der Waals surface area (Å²) >= 11 is 0. The zero-order valence-electron chi connectivity index (χ0n) is 11.0. The monoisotopic (exact) mass is 249 g/mol. The molecular weight excluding hydrogens is 230 g/mol. The van der Waals surface area contributed by atoms with Gasteiger partial charge < -0.3 is 15.5 Å². The largest absolute Gasteiger partial charge is 0.382 e. The molecule has 1 aliphatic rings. The zero-order valence-corrected chi connectivity index (χ0v) is 11.0. The number of hydrogen-bond donors (Lipinski definition) is 1. The topological polar surface area (TPSA) is 75.3 Å². The van der Waals surface area contributed by atoms with Crippen molar-refractivity contribution in [2.24, 2.45) is 5.92 Å². The summed E-state index contributed by atoms with van der Waals surface area (Å²) in [5, 5.41) is 0. The normalized spacial score (nSPS) is 23.7. The Morgan fingerprint density at radius 2 is 2.17 bits per heavy atom. The SMILES string of the molecule is CC1CN(C(=O)c2cncc(N)n2)CC1N(C)C. The molecule has 0 spiro atoms. The minimum atomic E-state index is -0.0917. The van der Waals surface area contributed by atoms with Crippen LogP contribution in [0.15, 0.2) is 12.4 Å². The number of carbonyl (C=O) groups is 1. The summed E-state index contributed by atoms with van der Waals surface area (Å²) in [6.07, 6.45) is 2.90. The Morgan fingerprint density at radius 1 is 1.44 bits per heavy atom. The molecule has 6 nitrogen and oxygen atoms in total. The van der Waals surface area contributed by atoms with E-state index in [2.05, 4.69) is 21.8 Å². The Labute approximate surface area is 107 Å². The van der Waals surface area contributed by atoms with Crippen LogP contribution in [0.4, 0.5) is 5.82 Å². The van der Waals surface area contributed by atoms with E-state index in [1.54, 1.807) is 0 Å². The van der Waals surface area contributed by atoms with Crippen LogP contribution in [0.25, 0.3) is 0 Å². The third-order valence-corrected chi connectivity index (χ3v) is 3.40. The molecule has 98 valence electrons. The van der Waals surface area contributed by atoms with E-state index in [1.807, 2.05) is 19.0 Å². The van der Waals surface area contributed by atoms with Crippen LogP contribution in [0, 0.1) is 5.92 Å². The van der Waals surface area contributed by atoms with E-state index in [1.165, 1.54) is 12.4 Å². The van der Waals surface area contributed by atoms with E-state index in [4.69, 9.17) is 5.73 Å². The number of likely N-dealkylation sites (tertiary alicyclic amines) is 1. The molecule has 0 bridgehead atoms. The molecule has 6 heteroatoms. The summed E-state index contributed by atoms with van der Waals surface area (Å²) in [7, 11) is 4.07. The molecular formula is C12H19N5O. The van der Waals surface area contributed by atoms with Crippen LogP contribution >= 0.6 is 0 Å². The first-order valence-corrected chi connectivity index (χ1v) is 6.02. The highest BCUT2D eigenvalue weighted by molar-refractivity contribution is 5.92. The van der Waals surface area contributed by atoms with E-state index in [0.717, 1.165) is 13.1 Å². The summed E-state index contributed by atoms with van der Waals surface area (Å²) in [5.74, 6) is 0.640. The van der Waals surface area contributed by atoms with Gasteiger partial charge in [0.05, 0.1) is 12.4 Å². The number of hydrogen-bond acceptors (Lipinski definition) is 5. The van der Waals surface area contributed by atoms with E-state index >= 15 is 0 Å². The quantitative estimate of drug-likeness (QED) is 0.803. The van der Waals surface area contributed by atoms with E-state index < -0.39 is 0 Å². The van der Waals surface area contributed by atoms with Crippen LogP contribution in [-0.2, 0) is 0 Å². The first kappa shape index (κ1) is 12.8. The lowest BCUT2D eigenvalue weighted by atomic mass is 10.1. The van der Waals surface area contributed by atoms with Crippen molar-refractivity contribution in [2.45, 2.75) is 13.0 Å². The van der Waals surface area contributed by atoms with Crippen LogP contribution in [0.1, 0.15) is 17.4 Å². The highest BCUT2D eigenvalue weighted by Crippen LogP contribution is 2.21. The van der Waals surface area contributed by atoms with Crippen molar-refractivity contribution in [3.8, 4) is 0 Å². The van der Waals surface area contributed by atoms with Crippen LogP contribution in [0.3, 0.4) is 0 Å². The summed E-state index contributed by atoms with van der Waals surface area (Å²) in [5.41, 5.74) is 5.87. The number of nitrogen functional groups attached to an aromatic ring is 1. The lowest BCUT2D eigenvalue weighted by Crippen LogP contribution is -2.36. The van der Waals surface area contributed by atoms with Crippen molar-refractivity contribution >= 4 is 11.7 Å². The summed E-state index contributed by atoms with van der Waals surface area (Å²) < 4.78 is 0. The van der Waals surface area contributed by atoms with E-state index in [-0.39, 0.29) is 11.7 Å². The van der Waals surface area contributed by atoms with Crippen molar-refractivity contribution in [2.75, 3.05) is 32.9 Å². The van der Waals surface area contributed by atoms with E-state index in [0.29, 0.717) is 17.7 Å². The van der Waals surface area contributed by atoms with Gasteiger partial charge >= 0.3 is 0 Å². The van der Waals surface area contributed by atoms with Crippen LogP contribution in [0.2, 0.25) is 0 Å². The Hall–Kier alpha value is -1.69. The highest BCUT2D eigenvalue weighted by atomic mass is 16.2. The fraction of sp³-hybridized carbons (Fsp3) is 0.583. The predicted molar refractivity (Wildman–Crippen MR) is 69.0 cm³/mol.